The zero-order chi connectivity index (χ0) is 21.3. The van der Waals surface area contributed by atoms with Crippen LogP contribution in [0.2, 0.25) is 10.0 Å². The Morgan fingerprint density at radius 2 is 1.79 bits per heavy atom. The number of benzene rings is 2. The average Bonchev–Trinajstić information content (AvgIpc) is 2.55. The summed E-state index contributed by atoms with van der Waals surface area (Å²) in [5, 5.41) is 2.04. The summed E-state index contributed by atoms with van der Waals surface area (Å²) in [5.74, 6) is -0.833. The van der Waals surface area contributed by atoms with Crippen molar-refractivity contribution in [1.82, 2.24) is 0 Å². The van der Waals surface area contributed by atoms with Gasteiger partial charge in [0.2, 0.25) is 15.9 Å². The van der Waals surface area contributed by atoms with Gasteiger partial charge in [-0.2, -0.15) is 13.2 Å². The molecule has 2 aromatic carbocycles. The van der Waals surface area contributed by atoms with Gasteiger partial charge in [-0.3, -0.25) is 9.10 Å². The van der Waals surface area contributed by atoms with Gasteiger partial charge in [0.05, 0.1) is 22.5 Å². The molecule has 1 N–H and O–H groups in total. The van der Waals surface area contributed by atoms with E-state index in [9.17, 15) is 26.4 Å². The van der Waals surface area contributed by atoms with Gasteiger partial charge in [-0.15, -0.1) is 0 Å². The van der Waals surface area contributed by atoms with E-state index in [1.54, 1.807) is 13.0 Å². The number of sulfonamides is 1. The summed E-state index contributed by atoms with van der Waals surface area (Å²) >= 11 is 11.5. The van der Waals surface area contributed by atoms with Crippen molar-refractivity contribution in [2.24, 2.45) is 0 Å². The normalized spacial score (nSPS) is 12.0. The number of rotatable bonds is 5. The molecule has 11 heteroatoms. The van der Waals surface area contributed by atoms with Gasteiger partial charge in [0.1, 0.15) is 6.54 Å². The predicted molar refractivity (Wildman–Crippen MR) is 103 cm³/mol. The van der Waals surface area contributed by atoms with Crippen LogP contribution >= 0.6 is 23.2 Å². The molecule has 28 heavy (non-hydrogen) atoms. The highest BCUT2D eigenvalue weighted by Gasteiger charge is 2.33. The van der Waals surface area contributed by atoms with E-state index in [1.165, 1.54) is 18.2 Å². The number of hydrogen-bond acceptors (Lipinski definition) is 3. The average molecular weight is 455 g/mol. The van der Waals surface area contributed by atoms with E-state index in [-0.39, 0.29) is 11.4 Å². The standard InChI is InChI=1S/C17H15Cl2F3N2O3S/c1-10-13(18)4-3-5-15(10)24(28(2,26)27)9-16(25)23-11-6-7-14(19)12(8-11)17(20,21)22/h3-8H,9H2,1-2H3,(H,23,25). The maximum absolute atomic E-state index is 12.9. The Hall–Kier alpha value is -1.97. The molecule has 152 valence electrons. The van der Waals surface area contributed by atoms with E-state index in [2.05, 4.69) is 5.32 Å². The molecule has 0 unspecified atom stereocenters. The number of alkyl halides is 3. The second-order valence-electron chi connectivity index (χ2n) is 5.89. The van der Waals surface area contributed by atoms with Crippen LogP contribution in [0.4, 0.5) is 24.5 Å². The quantitative estimate of drug-likeness (QED) is 0.710. The van der Waals surface area contributed by atoms with Crippen LogP contribution < -0.4 is 9.62 Å². The van der Waals surface area contributed by atoms with E-state index in [1.807, 2.05) is 0 Å². The van der Waals surface area contributed by atoms with E-state index >= 15 is 0 Å². The summed E-state index contributed by atoms with van der Waals surface area (Å²) in [4.78, 5) is 12.3. The fourth-order valence-corrected chi connectivity index (χ4v) is 3.70. The van der Waals surface area contributed by atoms with E-state index < -0.39 is 39.2 Å². The Balaban J connectivity index is 2.30. The van der Waals surface area contributed by atoms with Crippen LogP contribution in [-0.4, -0.2) is 27.1 Å². The molecule has 0 heterocycles. The van der Waals surface area contributed by atoms with Crippen LogP contribution in [-0.2, 0) is 21.0 Å². The van der Waals surface area contributed by atoms with Gasteiger partial charge in [-0.05, 0) is 42.8 Å². The van der Waals surface area contributed by atoms with Crippen molar-refractivity contribution in [3.63, 3.8) is 0 Å². The van der Waals surface area contributed by atoms with Crippen molar-refractivity contribution < 1.29 is 26.4 Å². The minimum absolute atomic E-state index is 0.169. The lowest BCUT2D eigenvalue weighted by atomic mass is 10.2. The molecule has 0 radical (unpaired) electrons. The number of nitrogens with zero attached hydrogens (tertiary/aromatic N) is 1. The summed E-state index contributed by atoms with van der Waals surface area (Å²) in [6.45, 7) is 0.937. The minimum Gasteiger partial charge on any atom is -0.324 e. The number of carbonyl (C=O) groups is 1. The highest BCUT2D eigenvalue weighted by Crippen LogP contribution is 2.36. The zero-order valence-corrected chi connectivity index (χ0v) is 17.0. The lowest BCUT2D eigenvalue weighted by Gasteiger charge is -2.24. The molecule has 1 amide bonds. The summed E-state index contributed by atoms with van der Waals surface area (Å²) in [6.07, 6.45) is -3.79. The first kappa shape index (κ1) is 22.3. The molecule has 0 saturated heterocycles. The lowest BCUT2D eigenvalue weighted by Crippen LogP contribution is -2.37. The molecule has 0 atom stereocenters. The molecule has 0 fully saturated rings. The fraction of sp³-hybridized carbons (Fsp3) is 0.235. The molecule has 0 aliphatic carbocycles. The van der Waals surface area contributed by atoms with E-state index in [0.717, 1.165) is 16.6 Å². The van der Waals surface area contributed by atoms with Crippen LogP contribution in [0, 0.1) is 6.92 Å². The van der Waals surface area contributed by atoms with Crippen LogP contribution in [0.15, 0.2) is 36.4 Å². The van der Waals surface area contributed by atoms with Gasteiger partial charge in [-0.1, -0.05) is 29.3 Å². The lowest BCUT2D eigenvalue weighted by molar-refractivity contribution is -0.137. The molecule has 0 bridgehead atoms. The van der Waals surface area contributed by atoms with Crippen molar-refractivity contribution in [2.45, 2.75) is 13.1 Å². The summed E-state index contributed by atoms with van der Waals surface area (Å²) < 4.78 is 63.9. The molecule has 2 aromatic rings. The van der Waals surface area contributed by atoms with Gasteiger partial charge in [0.25, 0.3) is 0 Å². The first-order valence-electron chi connectivity index (χ1n) is 7.70. The third kappa shape index (κ3) is 5.30. The molecule has 0 aliphatic heterocycles. The highest BCUT2D eigenvalue weighted by molar-refractivity contribution is 7.92. The monoisotopic (exact) mass is 454 g/mol. The second kappa shape index (κ2) is 8.18. The molecular formula is C17H15Cl2F3N2O3S. The molecule has 2 rings (SSSR count). The smallest absolute Gasteiger partial charge is 0.324 e. The largest absolute Gasteiger partial charge is 0.417 e. The Morgan fingerprint density at radius 3 is 2.36 bits per heavy atom. The van der Waals surface area contributed by atoms with Gasteiger partial charge in [0.15, 0.2) is 0 Å². The van der Waals surface area contributed by atoms with E-state index in [0.29, 0.717) is 16.7 Å². The first-order valence-corrected chi connectivity index (χ1v) is 10.3. The Morgan fingerprint density at radius 1 is 1.14 bits per heavy atom. The summed E-state index contributed by atoms with van der Waals surface area (Å²) in [7, 11) is -3.87. The molecular weight excluding hydrogens is 440 g/mol. The summed E-state index contributed by atoms with van der Waals surface area (Å²) in [5.41, 5.74) is -0.652. The Labute approximate surface area is 170 Å². The number of carbonyl (C=O) groups excluding carboxylic acids is 1. The van der Waals surface area contributed by atoms with Gasteiger partial charge in [-0.25, -0.2) is 8.42 Å². The Bertz CT molecular complexity index is 1010. The molecule has 0 aliphatic rings. The number of halogens is 5. The third-order valence-electron chi connectivity index (χ3n) is 3.75. The van der Waals surface area contributed by atoms with Crippen LogP contribution in [0.5, 0.6) is 0 Å². The topological polar surface area (TPSA) is 66.5 Å². The predicted octanol–water partition coefficient (Wildman–Crippen LogP) is 4.73. The van der Waals surface area contributed by atoms with Crippen molar-refractivity contribution in [2.75, 3.05) is 22.4 Å². The number of amides is 1. The van der Waals surface area contributed by atoms with Gasteiger partial charge in [0, 0.05) is 10.7 Å². The zero-order valence-electron chi connectivity index (χ0n) is 14.6. The van der Waals surface area contributed by atoms with Crippen molar-refractivity contribution in [3.8, 4) is 0 Å². The maximum Gasteiger partial charge on any atom is 0.417 e. The molecule has 5 nitrogen and oxygen atoms in total. The molecule has 0 aromatic heterocycles. The maximum atomic E-state index is 12.9. The second-order valence-corrected chi connectivity index (χ2v) is 8.62. The Kier molecular flexibility index (Phi) is 6.52. The van der Waals surface area contributed by atoms with E-state index in [4.69, 9.17) is 23.2 Å². The number of hydrogen-bond donors (Lipinski definition) is 1. The van der Waals surface area contributed by atoms with Gasteiger partial charge < -0.3 is 5.32 Å². The van der Waals surface area contributed by atoms with Crippen molar-refractivity contribution in [1.29, 1.82) is 0 Å². The van der Waals surface area contributed by atoms with Crippen molar-refractivity contribution >= 4 is 50.5 Å². The molecule has 0 spiro atoms. The minimum atomic E-state index is -4.70. The van der Waals surface area contributed by atoms with Crippen LogP contribution in [0.3, 0.4) is 0 Å². The number of nitrogens with one attached hydrogen (secondary N) is 1. The molecule has 0 saturated carbocycles. The first-order chi connectivity index (χ1) is 12.8. The number of anilines is 2. The van der Waals surface area contributed by atoms with Crippen LogP contribution in [0.25, 0.3) is 0 Å². The third-order valence-corrected chi connectivity index (χ3v) is 5.62. The SMILES string of the molecule is Cc1c(Cl)cccc1N(CC(=O)Nc1ccc(Cl)c(C(F)(F)F)c1)S(C)(=O)=O. The van der Waals surface area contributed by atoms with Gasteiger partial charge >= 0.3 is 6.18 Å². The van der Waals surface area contributed by atoms with Crippen LogP contribution in [0.1, 0.15) is 11.1 Å². The highest BCUT2D eigenvalue weighted by atomic mass is 35.5. The summed E-state index contributed by atoms with van der Waals surface area (Å²) in [6, 6.07) is 7.42. The van der Waals surface area contributed by atoms with Crippen molar-refractivity contribution in [3.05, 3.63) is 57.6 Å². The fourth-order valence-electron chi connectivity index (χ4n) is 2.40.